The SMILES string of the molecule is CC(C)(C)NC(=O)Nc1ccc(OCCC(N)=O)cc1. The summed E-state index contributed by atoms with van der Waals surface area (Å²) in [6.45, 7) is 5.96. The molecule has 6 heteroatoms. The monoisotopic (exact) mass is 279 g/mol. The highest BCUT2D eigenvalue weighted by Gasteiger charge is 2.13. The Morgan fingerprint density at radius 1 is 1.20 bits per heavy atom. The number of benzene rings is 1. The first-order chi connectivity index (χ1) is 9.26. The normalized spacial score (nSPS) is 10.8. The second-order valence-corrected chi connectivity index (χ2v) is 5.42. The molecule has 0 aromatic heterocycles. The number of urea groups is 1. The molecule has 0 radical (unpaired) electrons. The van der Waals surface area contributed by atoms with Gasteiger partial charge in [0.05, 0.1) is 13.0 Å². The van der Waals surface area contributed by atoms with Crippen molar-refractivity contribution in [1.82, 2.24) is 5.32 Å². The molecule has 1 rings (SSSR count). The summed E-state index contributed by atoms with van der Waals surface area (Å²) >= 11 is 0. The lowest BCUT2D eigenvalue weighted by molar-refractivity contribution is -0.118. The zero-order valence-corrected chi connectivity index (χ0v) is 12.0. The Kier molecular flexibility index (Phi) is 5.37. The van der Waals surface area contributed by atoms with Crippen LogP contribution in [0, 0.1) is 0 Å². The highest BCUT2D eigenvalue weighted by Crippen LogP contribution is 2.16. The van der Waals surface area contributed by atoms with E-state index in [1.54, 1.807) is 24.3 Å². The van der Waals surface area contributed by atoms with Crippen molar-refractivity contribution in [2.24, 2.45) is 5.73 Å². The zero-order chi connectivity index (χ0) is 15.2. The van der Waals surface area contributed by atoms with E-state index >= 15 is 0 Å². The summed E-state index contributed by atoms with van der Waals surface area (Å²) in [5, 5.41) is 5.52. The first-order valence-corrected chi connectivity index (χ1v) is 6.36. The van der Waals surface area contributed by atoms with Gasteiger partial charge in [0.2, 0.25) is 5.91 Å². The molecule has 0 saturated carbocycles. The molecule has 0 atom stereocenters. The van der Waals surface area contributed by atoms with E-state index in [1.165, 1.54) is 0 Å². The van der Waals surface area contributed by atoms with E-state index in [0.717, 1.165) is 0 Å². The maximum atomic E-state index is 11.7. The first-order valence-electron chi connectivity index (χ1n) is 6.36. The molecule has 0 heterocycles. The smallest absolute Gasteiger partial charge is 0.319 e. The lowest BCUT2D eigenvalue weighted by Gasteiger charge is -2.20. The molecule has 6 nitrogen and oxygen atoms in total. The molecule has 0 aliphatic heterocycles. The average Bonchev–Trinajstić information content (AvgIpc) is 2.28. The molecule has 0 bridgehead atoms. The Morgan fingerprint density at radius 3 is 2.30 bits per heavy atom. The van der Waals surface area contributed by atoms with Crippen molar-refractivity contribution < 1.29 is 14.3 Å². The van der Waals surface area contributed by atoms with Gasteiger partial charge in [0.1, 0.15) is 5.75 Å². The minimum Gasteiger partial charge on any atom is -0.493 e. The molecule has 0 aliphatic carbocycles. The molecule has 0 fully saturated rings. The molecule has 4 N–H and O–H groups in total. The molecule has 3 amide bonds. The van der Waals surface area contributed by atoms with E-state index in [-0.39, 0.29) is 24.6 Å². The number of ether oxygens (including phenoxy) is 1. The number of carbonyl (C=O) groups excluding carboxylic acids is 2. The maximum absolute atomic E-state index is 11.7. The molecular formula is C14H21N3O3. The molecule has 0 spiro atoms. The van der Waals surface area contributed by atoms with Gasteiger partial charge in [-0.15, -0.1) is 0 Å². The fourth-order valence-electron chi connectivity index (χ4n) is 1.41. The summed E-state index contributed by atoms with van der Waals surface area (Å²) in [7, 11) is 0. The molecule has 0 aliphatic rings. The first kappa shape index (κ1) is 15.8. The number of amides is 3. The van der Waals surface area contributed by atoms with E-state index in [9.17, 15) is 9.59 Å². The molecule has 1 aromatic carbocycles. The van der Waals surface area contributed by atoms with Crippen LogP contribution in [0.3, 0.4) is 0 Å². The Hall–Kier alpha value is -2.24. The Labute approximate surface area is 118 Å². The van der Waals surface area contributed by atoms with Crippen molar-refractivity contribution >= 4 is 17.6 Å². The van der Waals surface area contributed by atoms with Gasteiger partial charge in [-0.2, -0.15) is 0 Å². The molecule has 0 saturated heterocycles. The van der Waals surface area contributed by atoms with Gasteiger partial charge in [-0.3, -0.25) is 4.79 Å². The fourth-order valence-corrected chi connectivity index (χ4v) is 1.41. The summed E-state index contributed by atoms with van der Waals surface area (Å²) in [6, 6.07) is 6.62. The van der Waals surface area contributed by atoms with Crippen molar-refractivity contribution in [3.8, 4) is 5.75 Å². The van der Waals surface area contributed by atoms with Gasteiger partial charge in [-0.05, 0) is 45.0 Å². The van der Waals surface area contributed by atoms with Crippen molar-refractivity contribution in [1.29, 1.82) is 0 Å². The Morgan fingerprint density at radius 2 is 1.80 bits per heavy atom. The van der Waals surface area contributed by atoms with E-state index in [1.807, 2.05) is 20.8 Å². The second-order valence-electron chi connectivity index (χ2n) is 5.42. The van der Waals surface area contributed by atoms with Gasteiger partial charge < -0.3 is 21.1 Å². The summed E-state index contributed by atoms with van der Waals surface area (Å²) in [4.78, 5) is 22.2. The quantitative estimate of drug-likeness (QED) is 0.768. The Balaban J connectivity index is 2.46. The van der Waals surface area contributed by atoms with Gasteiger partial charge in [0.15, 0.2) is 0 Å². The third-order valence-electron chi connectivity index (χ3n) is 2.22. The van der Waals surface area contributed by atoms with Crippen LogP contribution in [0.1, 0.15) is 27.2 Å². The average molecular weight is 279 g/mol. The van der Waals surface area contributed by atoms with Crippen LogP contribution in [0.15, 0.2) is 24.3 Å². The number of anilines is 1. The zero-order valence-electron chi connectivity index (χ0n) is 12.0. The van der Waals surface area contributed by atoms with Crippen LogP contribution < -0.4 is 21.1 Å². The van der Waals surface area contributed by atoms with Crippen LogP contribution in [0.25, 0.3) is 0 Å². The summed E-state index contributed by atoms with van der Waals surface area (Å²) in [5.41, 5.74) is 5.38. The predicted molar refractivity (Wildman–Crippen MR) is 77.7 cm³/mol. The highest BCUT2D eigenvalue weighted by atomic mass is 16.5. The van der Waals surface area contributed by atoms with Gasteiger partial charge in [-0.25, -0.2) is 4.79 Å². The van der Waals surface area contributed by atoms with Crippen molar-refractivity contribution in [2.75, 3.05) is 11.9 Å². The van der Waals surface area contributed by atoms with Gasteiger partial charge in [-0.1, -0.05) is 0 Å². The van der Waals surface area contributed by atoms with Gasteiger partial charge in [0, 0.05) is 11.2 Å². The molecule has 110 valence electrons. The Bertz CT molecular complexity index is 464. The second kappa shape index (κ2) is 6.79. The summed E-state index contributed by atoms with van der Waals surface area (Å²) in [6.07, 6.45) is 0.175. The van der Waals surface area contributed by atoms with Gasteiger partial charge in [0.25, 0.3) is 0 Å². The minimum absolute atomic E-state index is 0.175. The van der Waals surface area contributed by atoms with E-state index in [4.69, 9.17) is 10.5 Å². The third-order valence-corrected chi connectivity index (χ3v) is 2.22. The fraction of sp³-hybridized carbons (Fsp3) is 0.429. The van der Waals surface area contributed by atoms with E-state index in [2.05, 4.69) is 10.6 Å². The van der Waals surface area contributed by atoms with Gasteiger partial charge >= 0.3 is 6.03 Å². The van der Waals surface area contributed by atoms with Crippen LogP contribution in [0.2, 0.25) is 0 Å². The van der Waals surface area contributed by atoms with Crippen molar-refractivity contribution in [2.45, 2.75) is 32.7 Å². The minimum atomic E-state index is -0.401. The number of rotatable bonds is 5. The number of primary amides is 1. The molecular weight excluding hydrogens is 258 g/mol. The van der Waals surface area contributed by atoms with Crippen LogP contribution >= 0.6 is 0 Å². The number of hydrogen-bond acceptors (Lipinski definition) is 3. The molecule has 0 unspecified atom stereocenters. The van der Waals surface area contributed by atoms with Crippen LogP contribution in [-0.4, -0.2) is 24.1 Å². The molecule has 1 aromatic rings. The number of nitrogens with one attached hydrogen (secondary N) is 2. The van der Waals surface area contributed by atoms with E-state index < -0.39 is 5.91 Å². The largest absolute Gasteiger partial charge is 0.493 e. The van der Waals surface area contributed by atoms with Crippen LogP contribution in [0.4, 0.5) is 10.5 Å². The van der Waals surface area contributed by atoms with Crippen LogP contribution in [0.5, 0.6) is 5.75 Å². The van der Waals surface area contributed by atoms with Crippen molar-refractivity contribution in [3.63, 3.8) is 0 Å². The number of hydrogen-bond donors (Lipinski definition) is 3. The molecule has 20 heavy (non-hydrogen) atoms. The van der Waals surface area contributed by atoms with Crippen molar-refractivity contribution in [3.05, 3.63) is 24.3 Å². The number of nitrogens with two attached hydrogens (primary N) is 1. The standard InChI is InChI=1S/C14H21N3O3/c1-14(2,3)17-13(19)16-10-4-6-11(7-5-10)20-9-8-12(15)18/h4-7H,8-9H2,1-3H3,(H2,15,18)(H2,16,17,19). The topological polar surface area (TPSA) is 93.4 Å². The predicted octanol–water partition coefficient (Wildman–Crippen LogP) is 1.86. The summed E-state index contributed by atoms with van der Waals surface area (Å²) in [5.74, 6) is 0.218. The lowest BCUT2D eigenvalue weighted by Crippen LogP contribution is -2.43. The highest BCUT2D eigenvalue weighted by molar-refractivity contribution is 5.89. The van der Waals surface area contributed by atoms with Crippen LogP contribution in [-0.2, 0) is 4.79 Å². The maximum Gasteiger partial charge on any atom is 0.319 e. The summed E-state index contributed by atoms with van der Waals surface area (Å²) < 4.78 is 5.33. The third kappa shape index (κ3) is 6.63. The lowest BCUT2D eigenvalue weighted by atomic mass is 10.1. The van der Waals surface area contributed by atoms with E-state index in [0.29, 0.717) is 11.4 Å². The number of carbonyl (C=O) groups is 2.